The molecule has 0 unspecified atom stereocenters. The van der Waals surface area contributed by atoms with Crippen molar-refractivity contribution >= 4 is 17.6 Å². The first-order valence-corrected chi connectivity index (χ1v) is 8.62. The minimum atomic E-state index is -0.303. The maximum absolute atomic E-state index is 12.7. The molecule has 0 N–H and O–H groups in total. The zero-order valence-corrected chi connectivity index (χ0v) is 15.3. The van der Waals surface area contributed by atoms with Crippen molar-refractivity contribution in [3.8, 4) is 16.8 Å². The number of benzene rings is 2. The van der Waals surface area contributed by atoms with E-state index in [0.717, 1.165) is 28.2 Å². The van der Waals surface area contributed by atoms with Crippen LogP contribution in [0.15, 0.2) is 54.6 Å². The molecule has 0 spiro atoms. The maximum atomic E-state index is 12.7. The molecule has 0 aliphatic heterocycles. The van der Waals surface area contributed by atoms with Gasteiger partial charge in [0.2, 0.25) is 0 Å². The number of nitrogens with zero attached hydrogens (tertiary/aromatic N) is 1. The quantitative estimate of drug-likeness (QED) is 0.572. The molecule has 0 fully saturated rings. The van der Waals surface area contributed by atoms with Gasteiger partial charge >= 0.3 is 5.97 Å². The Kier molecular flexibility index (Phi) is 4.95. The second kappa shape index (κ2) is 7.16. The Morgan fingerprint density at radius 3 is 2.40 bits per heavy atom. The smallest absolute Gasteiger partial charge is 0.340 e. The van der Waals surface area contributed by atoms with Gasteiger partial charge in [0.1, 0.15) is 0 Å². The van der Waals surface area contributed by atoms with Gasteiger partial charge in [-0.2, -0.15) is 0 Å². The van der Waals surface area contributed by atoms with Crippen molar-refractivity contribution in [1.82, 2.24) is 4.57 Å². The molecule has 0 amide bonds. The van der Waals surface area contributed by atoms with Crippen molar-refractivity contribution in [3.63, 3.8) is 0 Å². The Bertz CT molecular complexity index is 913. The van der Waals surface area contributed by atoms with E-state index in [-0.39, 0.29) is 5.97 Å². The van der Waals surface area contributed by atoms with Crippen LogP contribution < -0.4 is 0 Å². The molecule has 1 aromatic heterocycles. The lowest BCUT2D eigenvalue weighted by atomic mass is 10.0. The fourth-order valence-electron chi connectivity index (χ4n) is 3.25. The topological polar surface area (TPSA) is 31.2 Å². The van der Waals surface area contributed by atoms with Crippen molar-refractivity contribution in [3.05, 3.63) is 76.6 Å². The molecule has 3 nitrogen and oxygen atoms in total. The van der Waals surface area contributed by atoms with Crippen molar-refractivity contribution in [2.24, 2.45) is 0 Å². The predicted octanol–water partition coefficient (Wildman–Crippen LogP) is 5.59. The van der Waals surface area contributed by atoms with Crippen LogP contribution in [0.1, 0.15) is 28.7 Å². The summed E-state index contributed by atoms with van der Waals surface area (Å²) in [6.07, 6.45) is 0. The predicted molar refractivity (Wildman–Crippen MR) is 102 cm³/mol. The highest BCUT2D eigenvalue weighted by atomic mass is 35.5. The highest BCUT2D eigenvalue weighted by Gasteiger charge is 2.25. The van der Waals surface area contributed by atoms with Crippen LogP contribution in [0.3, 0.4) is 0 Å². The molecule has 1 heterocycles. The summed E-state index contributed by atoms with van der Waals surface area (Å²) in [6, 6.07) is 17.5. The van der Waals surface area contributed by atoms with Crippen LogP contribution in [0, 0.1) is 13.8 Å². The van der Waals surface area contributed by atoms with Gasteiger partial charge in [-0.05, 0) is 44.5 Å². The van der Waals surface area contributed by atoms with Crippen LogP contribution in [0.25, 0.3) is 16.8 Å². The first kappa shape index (κ1) is 17.3. The Labute approximate surface area is 152 Å². The van der Waals surface area contributed by atoms with Crippen molar-refractivity contribution in [2.75, 3.05) is 6.61 Å². The Morgan fingerprint density at radius 2 is 1.76 bits per heavy atom. The highest BCUT2D eigenvalue weighted by molar-refractivity contribution is 6.30. The lowest BCUT2D eigenvalue weighted by Gasteiger charge is -2.10. The SMILES string of the molecule is CCOC(=O)c1c(-c2ccccc2)c(C)n(-c2cccc(Cl)c2)c1C. The summed E-state index contributed by atoms with van der Waals surface area (Å²) in [4.78, 5) is 12.7. The van der Waals surface area contributed by atoms with Gasteiger partial charge in [-0.1, -0.05) is 48.0 Å². The largest absolute Gasteiger partial charge is 0.462 e. The fraction of sp³-hybridized carbons (Fsp3) is 0.190. The minimum Gasteiger partial charge on any atom is -0.462 e. The summed E-state index contributed by atoms with van der Waals surface area (Å²) < 4.78 is 7.38. The summed E-state index contributed by atoms with van der Waals surface area (Å²) >= 11 is 6.17. The molecule has 4 heteroatoms. The number of aromatic nitrogens is 1. The van der Waals surface area contributed by atoms with E-state index in [1.54, 1.807) is 0 Å². The lowest BCUT2D eigenvalue weighted by Crippen LogP contribution is -2.07. The van der Waals surface area contributed by atoms with Gasteiger partial charge in [-0.25, -0.2) is 4.79 Å². The molecule has 0 bridgehead atoms. The minimum absolute atomic E-state index is 0.303. The number of halogens is 1. The molecule has 25 heavy (non-hydrogen) atoms. The van der Waals surface area contributed by atoms with Gasteiger partial charge < -0.3 is 9.30 Å². The van der Waals surface area contributed by atoms with E-state index >= 15 is 0 Å². The van der Waals surface area contributed by atoms with Crippen LogP contribution in [-0.4, -0.2) is 17.1 Å². The monoisotopic (exact) mass is 353 g/mol. The normalized spacial score (nSPS) is 10.7. The average Bonchev–Trinajstić information content (AvgIpc) is 2.86. The van der Waals surface area contributed by atoms with Crippen LogP contribution >= 0.6 is 11.6 Å². The standard InChI is InChI=1S/C21H20ClNO2/c1-4-25-21(24)20-15(3)23(18-12-8-11-17(22)13-18)14(2)19(20)16-9-6-5-7-10-16/h5-13H,4H2,1-3H3. The molecule has 0 atom stereocenters. The maximum Gasteiger partial charge on any atom is 0.340 e. The Balaban J connectivity index is 2.30. The summed E-state index contributed by atoms with van der Waals surface area (Å²) in [5, 5.41) is 0.656. The molecule has 3 aromatic rings. The highest BCUT2D eigenvalue weighted by Crippen LogP contribution is 2.35. The van der Waals surface area contributed by atoms with Gasteiger partial charge in [0.05, 0.1) is 12.2 Å². The van der Waals surface area contributed by atoms with Gasteiger partial charge in [0.15, 0.2) is 0 Å². The summed E-state index contributed by atoms with van der Waals surface area (Å²) in [6.45, 7) is 6.11. The van der Waals surface area contributed by atoms with E-state index in [4.69, 9.17) is 16.3 Å². The zero-order valence-electron chi connectivity index (χ0n) is 14.5. The lowest BCUT2D eigenvalue weighted by molar-refractivity contribution is 0.0526. The number of carbonyl (C=O) groups is 1. The van der Waals surface area contributed by atoms with Crippen LogP contribution in [0.5, 0.6) is 0 Å². The number of rotatable bonds is 4. The number of esters is 1. The van der Waals surface area contributed by atoms with Crippen molar-refractivity contribution in [1.29, 1.82) is 0 Å². The van der Waals surface area contributed by atoms with Crippen LogP contribution in [0.2, 0.25) is 5.02 Å². The third-order valence-electron chi connectivity index (χ3n) is 4.25. The molecule has 0 saturated carbocycles. The second-order valence-corrected chi connectivity index (χ2v) is 6.26. The Morgan fingerprint density at radius 1 is 1.04 bits per heavy atom. The average molecular weight is 354 g/mol. The van der Waals surface area contributed by atoms with E-state index in [1.165, 1.54) is 0 Å². The van der Waals surface area contributed by atoms with Gasteiger partial charge in [-0.15, -0.1) is 0 Å². The second-order valence-electron chi connectivity index (χ2n) is 5.82. The van der Waals surface area contributed by atoms with Crippen molar-refractivity contribution < 1.29 is 9.53 Å². The number of ether oxygens (including phenoxy) is 1. The van der Waals surface area contributed by atoms with E-state index in [2.05, 4.69) is 4.57 Å². The van der Waals surface area contributed by atoms with Crippen LogP contribution in [0.4, 0.5) is 0 Å². The molecule has 2 aromatic carbocycles. The number of hydrogen-bond donors (Lipinski definition) is 0. The molecule has 0 aliphatic carbocycles. The summed E-state index contributed by atoms with van der Waals surface area (Å²) in [5.74, 6) is -0.303. The van der Waals surface area contributed by atoms with Gasteiger partial charge in [-0.3, -0.25) is 0 Å². The van der Waals surface area contributed by atoms with Gasteiger partial charge in [0, 0.05) is 27.7 Å². The molecule has 128 valence electrons. The third kappa shape index (κ3) is 3.20. The first-order chi connectivity index (χ1) is 12.0. The fourth-order valence-corrected chi connectivity index (χ4v) is 3.44. The van der Waals surface area contributed by atoms with Crippen LogP contribution in [-0.2, 0) is 4.74 Å². The van der Waals surface area contributed by atoms with E-state index in [1.807, 2.05) is 75.4 Å². The zero-order chi connectivity index (χ0) is 18.0. The first-order valence-electron chi connectivity index (χ1n) is 8.25. The molecule has 0 aliphatic rings. The Hall–Kier alpha value is -2.52. The molecular formula is C21H20ClNO2. The molecular weight excluding hydrogens is 334 g/mol. The van der Waals surface area contributed by atoms with Crippen molar-refractivity contribution in [2.45, 2.75) is 20.8 Å². The van der Waals surface area contributed by atoms with E-state index in [0.29, 0.717) is 17.2 Å². The summed E-state index contributed by atoms with van der Waals surface area (Å²) in [7, 11) is 0. The third-order valence-corrected chi connectivity index (χ3v) is 4.49. The molecule has 0 saturated heterocycles. The van der Waals surface area contributed by atoms with E-state index in [9.17, 15) is 4.79 Å². The number of carbonyl (C=O) groups excluding carboxylic acids is 1. The molecule has 0 radical (unpaired) electrons. The number of hydrogen-bond acceptors (Lipinski definition) is 2. The molecule has 3 rings (SSSR count). The van der Waals surface area contributed by atoms with Gasteiger partial charge in [0.25, 0.3) is 0 Å². The summed E-state index contributed by atoms with van der Waals surface area (Å²) in [5.41, 5.74) is 5.25. The van der Waals surface area contributed by atoms with E-state index < -0.39 is 0 Å².